The first-order valence-electron chi connectivity index (χ1n) is 12.2. The van der Waals surface area contributed by atoms with Crippen molar-refractivity contribution in [3.05, 3.63) is 63.9 Å². The van der Waals surface area contributed by atoms with Crippen molar-refractivity contribution in [2.24, 2.45) is 0 Å². The van der Waals surface area contributed by atoms with E-state index in [-0.39, 0.29) is 5.56 Å². The Hall–Kier alpha value is -2.99. The lowest BCUT2D eigenvalue weighted by Crippen LogP contribution is -2.40. The molecule has 0 amide bonds. The SMILES string of the molecule is CCc1ccc2c(c1)c(NC1CCN(CCc3ccc4c(c3)OCO4)CC1)cc(=O)n2CC. The molecule has 174 valence electrons. The van der Waals surface area contributed by atoms with Crippen molar-refractivity contribution in [1.82, 2.24) is 9.47 Å². The summed E-state index contributed by atoms with van der Waals surface area (Å²) in [6.07, 6.45) is 4.15. The molecule has 1 fully saturated rings. The molecule has 0 aliphatic carbocycles. The van der Waals surface area contributed by atoms with Crippen molar-refractivity contribution >= 4 is 16.6 Å². The van der Waals surface area contributed by atoms with Crippen LogP contribution in [0.4, 0.5) is 5.69 Å². The number of rotatable bonds is 7. The molecule has 0 radical (unpaired) electrons. The molecule has 3 aromatic rings. The summed E-state index contributed by atoms with van der Waals surface area (Å²) < 4.78 is 12.8. The van der Waals surface area contributed by atoms with Crippen molar-refractivity contribution in [3.63, 3.8) is 0 Å². The summed E-state index contributed by atoms with van der Waals surface area (Å²) in [5.41, 5.74) is 4.65. The molecular weight excluding hydrogens is 414 g/mol. The topological polar surface area (TPSA) is 55.7 Å². The Balaban J connectivity index is 1.22. The van der Waals surface area contributed by atoms with E-state index in [1.807, 2.05) is 17.6 Å². The van der Waals surface area contributed by atoms with Gasteiger partial charge in [0.05, 0.1) is 5.52 Å². The van der Waals surface area contributed by atoms with Gasteiger partial charge in [-0.05, 0) is 68.0 Å². The second kappa shape index (κ2) is 9.48. The van der Waals surface area contributed by atoms with Crippen LogP contribution in [0.15, 0.2) is 47.3 Å². The van der Waals surface area contributed by atoms with Crippen LogP contribution in [0.1, 0.15) is 37.8 Å². The molecule has 6 heteroatoms. The normalized spacial score (nSPS) is 16.4. The van der Waals surface area contributed by atoms with Crippen LogP contribution in [0.25, 0.3) is 10.9 Å². The summed E-state index contributed by atoms with van der Waals surface area (Å²) >= 11 is 0. The van der Waals surface area contributed by atoms with Crippen LogP contribution in [0, 0.1) is 0 Å². The molecule has 3 heterocycles. The standard InChI is InChI=1S/C27H33N3O3/c1-3-19-5-7-24-22(15-19)23(17-27(31)30(24)4-2)28-21-10-13-29(14-11-21)12-9-20-6-8-25-26(16-20)33-18-32-25/h5-8,15-17,21,28H,3-4,9-14,18H2,1-2H3. The Morgan fingerprint density at radius 1 is 0.970 bits per heavy atom. The molecule has 0 saturated carbocycles. The lowest BCUT2D eigenvalue weighted by atomic mass is 10.0. The molecular formula is C27H33N3O3. The number of ether oxygens (including phenoxy) is 2. The highest BCUT2D eigenvalue weighted by atomic mass is 16.7. The second-order valence-electron chi connectivity index (χ2n) is 9.04. The van der Waals surface area contributed by atoms with Gasteiger partial charge in [-0.2, -0.15) is 0 Å². The Morgan fingerprint density at radius 2 is 1.76 bits per heavy atom. The minimum absolute atomic E-state index is 0.0675. The van der Waals surface area contributed by atoms with E-state index in [9.17, 15) is 4.79 Å². The van der Waals surface area contributed by atoms with Gasteiger partial charge >= 0.3 is 0 Å². The number of nitrogens with one attached hydrogen (secondary N) is 1. The van der Waals surface area contributed by atoms with Crippen LogP contribution >= 0.6 is 0 Å². The van der Waals surface area contributed by atoms with Crippen LogP contribution in [0.2, 0.25) is 0 Å². The van der Waals surface area contributed by atoms with E-state index in [1.165, 1.54) is 11.1 Å². The molecule has 2 aromatic carbocycles. The average Bonchev–Trinajstić information content (AvgIpc) is 3.31. The number of anilines is 1. The number of hydrogen-bond donors (Lipinski definition) is 1. The zero-order valence-electron chi connectivity index (χ0n) is 19.6. The number of aromatic nitrogens is 1. The van der Waals surface area contributed by atoms with Gasteiger partial charge in [-0.25, -0.2) is 0 Å². The number of pyridine rings is 1. The summed E-state index contributed by atoms with van der Waals surface area (Å²) in [5.74, 6) is 1.70. The monoisotopic (exact) mass is 447 g/mol. The van der Waals surface area contributed by atoms with Crippen LogP contribution in [0.5, 0.6) is 11.5 Å². The van der Waals surface area contributed by atoms with E-state index >= 15 is 0 Å². The summed E-state index contributed by atoms with van der Waals surface area (Å²) in [6, 6.07) is 14.9. The van der Waals surface area contributed by atoms with E-state index in [0.29, 0.717) is 19.4 Å². The lowest BCUT2D eigenvalue weighted by molar-refractivity contribution is 0.174. The smallest absolute Gasteiger partial charge is 0.253 e. The van der Waals surface area contributed by atoms with Crippen LogP contribution in [-0.2, 0) is 19.4 Å². The largest absolute Gasteiger partial charge is 0.454 e. The minimum atomic E-state index is 0.0675. The summed E-state index contributed by atoms with van der Waals surface area (Å²) in [5, 5.41) is 4.87. The molecule has 1 N–H and O–H groups in total. The maximum atomic E-state index is 12.7. The van der Waals surface area contributed by atoms with Gasteiger partial charge in [0.2, 0.25) is 6.79 Å². The maximum Gasteiger partial charge on any atom is 0.253 e. The highest BCUT2D eigenvalue weighted by Gasteiger charge is 2.21. The Kier molecular flexibility index (Phi) is 6.27. The van der Waals surface area contributed by atoms with Crippen molar-refractivity contribution in [2.45, 2.75) is 52.1 Å². The fourth-order valence-electron chi connectivity index (χ4n) is 5.00. The first-order valence-corrected chi connectivity index (χ1v) is 12.2. The van der Waals surface area contributed by atoms with E-state index in [1.54, 1.807) is 6.07 Å². The lowest BCUT2D eigenvalue weighted by Gasteiger charge is -2.33. The third-order valence-corrected chi connectivity index (χ3v) is 7.00. The fraction of sp³-hybridized carbons (Fsp3) is 0.444. The average molecular weight is 448 g/mol. The predicted molar refractivity (Wildman–Crippen MR) is 133 cm³/mol. The molecule has 1 aromatic heterocycles. The van der Waals surface area contributed by atoms with Gasteiger partial charge in [0, 0.05) is 49.4 Å². The van der Waals surface area contributed by atoms with Crippen LogP contribution in [0.3, 0.4) is 0 Å². The number of likely N-dealkylation sites (tertiary alicyclic amines) is 1. The summed E-state index contributed by atoms with van der Waals surface area (Å²) in [7, 11) is 0. The van der Waals surface area contributed by atoms with E-state index < -0.39 is 0 Å². The van der Waals surface area contributed by atoms with Crippen LogP contribution < -0.4 is 20.3 Å². The van der Waals surface area contributed by atoms with Gasteiger partial charge in [-0.15, -0.1) is 0 Å². The van der Waals surface area contributed by atoms with Crippen molar-refractivity contribution in [1.29, 1.82) is 0 Å². The number of benzene rings is 2. The Bertz CT molecular complexity index is 1200. The number of aryl methyl sites for hydroxylation is 2. The third-order valence-electron chi connectivity index (χ3n) is 7.00. The highest BCUT2D eigenvalue weighted by Crippen LogP contribution is 2.32. The number of nitrogens with zero attached hydrogens (tertiary/aromatic N) is 2. The second-order valence-corrected chi connectivity index (χ2v) is 9.04. The molecule has 6 nitrogen and oxygen atoms in total. The summed E-state index contributed by atoms with van der Waals surface area (Å²) in [4.78, 5) is 15.3. The van der Waals surface area contributed by atoms with E-state index in [4.69, 9.17) is 9.47 Å². The van der Waals surface area contributed by atoms with Crippen molar-refractivity contribution < 1.29 is 9.47 Å². The molecule has 1 saturated heterocycles. The number of hydrogen-bond acceptors (Lipinski definition) is 5. The first kappa shape index (κ1) is 21.8. The quantitative estimate of drug-likeness (QED) is 0.581. The van der Waals surface area contributed by atoms with Gasteiger partial charge in [-0.3, -0.25) is 4.79 Å². The van der Waals surface area contributed by atoms with Crippen molar-refractivity contribution in [3.8, 4) is 11.5 Å². The summed E-state index contributed by atoms with van der Waals surface area (Å²) in [6.45, 7) is 8.37. The van der Waals surface area contributed by atoms with Gasteiger partial charge in [-0.1, -0.05) is 19.1 Å². The zero-order valence-corrected chi connectivity index (χ0v) is 19.6. The maximum absolute atomic E-state index is 12.7. The Labute approximate surface area is 195 Å². The number of piperidine rings is 1. The first-order chi connectivity index (χ1) is 16.1. The Morgan fingerprint density at radius 3 is 2.55 bits per heavy atom. The molecule has 0 atom stereocenters. The molecule has 33 heavy (non-hydrogen) atoms. The number of fused-ring (bicyclic) bond motifs is 2. The molecule has 2 aliphatic heterocycles. The molecule has 0 spiro atoms. The van der Waals surface area contributed by atoms with Gasteiger partial charge in [0.25, 0.3) is 5.56 Å². The van der Waals surface area contributed by atoms with Gasteiger partial charge in [0.1, 0.15) is 0 Å². The fourth-order valence-corrected chi connectivity index (χ4v) is 5.00. The minimum Gasteiger partial charge on any atom is -0.454 e. The van der Waals surface area contributed by atoms with Crippen molar-refractivity contribution in [2.75, 3.05) is 31.7 Å². The molecule has 5 rings (SSSR count). The third kappa shape index (κ3) is 4.58. The van der Waals surface area contributed by atoms with Gasteiger partial charge < -0.3 is 24.3 Å². The molecule has 0 unspecified atom stereocenters. The zero-order chi connectivity index (χ0) is 22.8. The van der Waals surface area contributed by atoms with Crippen LogP contribution in [-0.4, -0.2) is 41.9 Å². The highest BCUT2D eigenvalue weighted by molar-refractivity contribution is 5.92. The molecule has 2 aliphatic rings. The van der Waals surface area contributed by atoms with E-state index in [0.717, 1.165) is 73.4 Å². The van der Waals surface area contributed by atoms with E-state index in [2.05, 4.69) is 47.5 Å². The predicted octanol–water partition coefficient (Wildman–Crippen LogP) is 4.43. The molecule has 0 bridgehead atoms. The van der Waals surface area contributed by atoms with Gasteiger partial charge in [0.15, 0.2) is 11.5 Å².